The number of ether oxygens (including phenoxy) is 1. The molecule has 0 bridgehead atoms. The van der Waals surface area contributed by atoms with Crippen molar-refractivity contribution in [1.82, 2.24) is 4.98 Å². The van der Waals surface area contributed by atoms with Gasteiger partial charge in [0.05, 0.1) is 24.1 Å². The highest BCUT2D eigenvalue weighted by molar-refractivity contribution is 6.35. The first kappa shape index (κ1) is 18.8. The van der Waals surface area contributed by atoms with Crippen molar-refractivity contribution in [2.75, 3.05) is 12.4 Å². The van der Waals surface area contributed by atoms with Crippen LogP contribution in [0.3, 0.4) is 0 Å². The first-order valence-electron chi connectivity index (χ1n) is 9.21. The molecule has 0 fully saturated rings. The molecule has 1 aliphatic rings. The van der Waals surface area contributed by atoms with Crippen LogP contribution in [-0.4, -0.2) is 29.2 Å². The number of carbonyl (C=O) groups is 1. The number of methoxy groups -OCH3 is 1. The largest absolute Gasteiger partial charge is 0.495 e. The van der Waals surface area contributed by atoms with Gasteiger partial charge in [0.15, 0.2) is 0 Å². The molecular formula is C22H24N2O3. The summed E-state index contributed by atoms with van der Waals surface area (Å²) in [5.74, 6) is 6.45. The summed E-state index contributed by atoms with van der Waals surface area (Å²) in [6.07, 6.45) is 6.68. The van der Waals surface area contributed by atoms with Crippen molar-refractivity contribution in [3.05, 3.63) is 47.3 Å². The second-order valence-corrected chi connectivity index (χ2v) is 6.48. The smallest absolute Gasteiger partial charge is 0.256 e. The predicted molar refractivity (Wildman–Crippen MR) is 107 cm³/mol. The van der Waals surface area contributed by atoms with Crippen LogP contribution in [0.15, 0.2) is 30.5 Å². The third kappa shape index (κ3) is 4.24. The highest BCUT2D eigenvalue weighted by Crippen LogP contribution is 2.36. The van der Waals surface area contributed by atoms with Crippen molar-refractivity contribution < 1.29 is 14.6 Å². The lowest BCUT2D eigenvalue weighted by Crippen LogP contribution is -2.04. The number of amides is 1. The third-order valence-corrected chi connectivity index (χ3v) is 4.53. The van der Waals surface area contributed by atoms with E-state index in [9.17, 15) is 9.90 Å². The van der Waals surface area contributed by atoms with Crippen molar-refractivity contribution in [3.63, 3.8) is 0 Å². The minimum atomic E-state index is -0.659. The van der Waals surface area contributed by atoms with Gasteiger partial charge >= 0.3 is 0 Å². The Bertz CT molecular complexity index is 915. The summed E-state index contributed by atoms with van der Waals surface area (Å²) in [7, 11) is 1.59. The number of nitrogens with one attached hydrogen (secondary N) is 2. The molecule has 0 saturated carbocycles. The van der Waals surface area contributed by atoms with Crippen molar-refractivity contribution in [1.29, 1.82) is 0 Å². The van der Waals surface area contributed by atoms with E-state index >= 15 is 0 Å². The Balaban J connectivity index is 1.93. The molecule has 1 aromatic carbocycles. The molecule has 1 aliphatic heterocycles. The van der Waals surface area contributed by atoms with E-state index < -0.39 is 6.10 Å². The van der Waals surface area contributed by atoms with Crippen LogP contribution in [0.25, 0.3) is 11.6 Å². The van der Waals surface area contributed by atoms with Gasteiger partial charge in [-0.15, -0.1) is 0 Å². The Hall–Kier alpha value is -2.97. The molecule has 5 heteroatoms. The first-order valence-corrected chi connectivity index (χ1v) is 9.21. The van der Waals surface area contributed by atoms with Crippen LogP contribution >= 0.6 is 0 Å². The van der Waals surface area contributed by atoms with E-state index in [2.05, 4.69) is 29.1 Å². The number of hydrogen-bond acceptors (Lipinski definition) is 3. The molecule has 27 heavy (non-hydrogen) atoms. The molecule has 2 heterocycles. The number of anilines is 1. The fraction of sp³-hybridized carbons (Fsp3) is 0.318. The summed E-state index contributed by atoms with van der Waals surface area (Å²) in [4.78, 5) is 15.6. The number of aromatic amines is 1. The average Bonchev–Trinajstić information content (AvgIpc) is 3.24. The Kier molecular flexibility index (Phi) is 6.00. The number of aliphatic hydroxyl groups is 1. The molecule has 0 saturated heterocycles. The number of fused-ring (bicyclic) bond motifs is 1. The lowest BCUT2D eigenvalue weighted by molar-refractivity contribution is -0.110. The number of aliphatic hydroxyl groups excluding tert-OH is 1. The van der Waals surface area contributed by atoms with Crippen LogP contribution in [0.2, 0.25) is 0 Å². The number of unbranched alkanes of at least 4 members (excludes halogenated alkanes) is 2. The highest BCUT2D eigenvalue weighted by atomic mass is 16.5. The van der Waals surface area contributed by atoms with Crippen molar-refractivity contribution in [3.8, 4) is 17.6 Å². The normalized spacial score (nSPS) is 15.1. The van der Waals surface area contributed by atoms with Crippen LogP contribution in [0.4, 0.5) is 5.69 Å². The molecule has 140 valence electrons. The van der Waals surface area contributed by atoms with Crippen LogP contribution in [0, 0.1) is 11.8 Å². The average molecular weight is 364 g/mol. The van der Waals surface area contributed by atoms with Gasteiger partial charge in [-0.05, 0) is 37.1 Å². The van der Waals surface area contributed by atoms with E-state index in [1.807, 2.05) is 18.2 Å². The Morgan fingerprint density at radius 3 is 2.93 bits per heavy atom. The summed E-state index contributed by atoms with van der Waals surface area (Å²) in [5.41, 5.74) is 3.45. The van der Waals surface area contributed by atoms with E-state index in [0.717, 1.165) is 41.8 Å². The van der Waals surface area contributed by atoms with Crippen LogP contribution in [0.5, 0.6) is 5.75 Å². The predicted octanol–water partition coefficient (Wildman–Crippen LogP) is 3.81. The zero-order valence-corrected chi connectivity index (χ0v) is 15.6. The number of rotatable bonds is 6. The van der Waals surface area contributed by atoms with Gasteiger partial charge in [0, 0.05) is 17.3 Å². The van der Waals surface area contributed by atoms with E-state index in [1.54, 1.807) is 25.4 Å². The van der Waals surface area contributed by atoms with Gasteiger partial charge in [-0.3, -0.25) is 4.79 Å². The number of benzene rings is 1. The molecule has 3 rings (SSSR count). The fourth-order valence-corrected chi connectivity index (χ4v) is 3.12. The van der Waals surface area contributed by atoms with Gasteiger partial charge in [0.2, 0.25) is 0 Å². The molecule has 1 aromatic heterocycles. The number of aromatic nitrogens is 1. The topological polar surface area (TPSA) is 74.3 Å². The molecule has 0 aliphatic carbocycles. The molecule has 1 unspecified atom stereocenters. The van der Waals surface area contributed by atoms with Gasteiger partial charge in [0.25, 0.3) is 5.91 Å². The van der Waals surface area contributed by atoms with E-state index in [1.165, 1.54) is 0 Å². The second kappa shape index (κ2) is 8.61. The lowest BCUT2D eigenvalue weighted by atomic mass is 9.99. The van der Waals surface area contributed by atoms with Crippen molar-refractivity contribution in [2.45, 2.75) is 38.7 Å². The Morgan fingerprint density at radius 1 is 1.30 bits per heavy atom. The quantitative estimate of drug-likeness (QED) is 0.414. The summed E-state index contributed by atoms with van der Waals surface area (Å²) in [6, 6.07) is 7.37. The van der Waals surface area contributed by atoms with Crippen LogP contribution < -0.4 is 10.1 Å². The summed E-state index contributed by atoms with van der Waals surface area (Å²) >= 11 is 0. The van der Waals surface area contributed by atoms with Crippen LogP contribution in [0.1, 0.15) is 49.4 Å². The van der Waals surface area contributed by atoms with Crippen molar-refractivity contribution >= 4 is 23.2 Å². The standard InChI is InChI=1S/C22H24N2O3/c1-3-4-5-8-16(25)11-10-15-7-6-9-18-21(15)17(22(26)24-18)14-19-20(27-2)12-13-23-19/h6-7,9,12-14,16,23,25H,3-5,8H2,1-2H3,(H,24,26)/b17-14-. The van der Waals surface area contributed by atoms with Gasteiger partial charge in [-0.2, -0.15) is 0 Å². The maximum absolute atomic E-state index is 12.5. The van der Waals surface area contributed by atoms with E-state index in [4.69, 9.17) is 4.74 Å². The minimum Gasteiger partial charge on any atom is -0.495 e. The summed E-state index contributed by atoms with van der Waals surface area (Å²) < 4.78 is 5.31. The SMILES string of the molecule is CCCCCC(O)C#Cc1cccc2c1/C(=C/c1[nH]ccc1OC)C(=O)N2. The molecule has 1 atom stereocenters. The lowest BCUT2D eigenvalue weighted by Gasteiger charge is -2.04. The van der Waals surface area contributed by atoms with Gasteiger partial charge in [-0.1, -0.05) is 37.7 Å². The molecule has 2 aromatic rings. The van der Waals surface area contributed by atoms with E-state index in [0.29, 0.717) is 17.7 Å². The van der Waals surface area contributed by atoms with E-state index in [-0.39, 0.29) is 5.91 Å². The molecule has 5 nitrogen and oxygen atoms in total. The molecule has 0 radical (unpaired) electrons. The zero-order valence-electron chi connectivity index (χ0n) is 15.6. The maximum atomic E-state index is 12.5. The van der Waals surface area contributed by atoms with Crippen molar-refractivity contribution in [2.24, 2.45) is 0 Å². The monoisotopic (exact) mass is 364 g/mol. The van der Waals surface area contributed by atoms with Gasteiger partial charge < -0.3 is 20.1 Å². The number of carbonyl (C=O) groups excluding carboxylic acids is 1. The summed E-state index contributed by atoms with van der Waals surface area (Å²) in [5, 5.41) is 13.0. The first-order chi connectivity index (χ1) is 13.1. The third-order valence-electron chi connectivity index (χ3n) is 4.53. The Labute approximate surface area is 159 Å². The summed E-state index contributed by atoms with van der Waals surface area (Å²) in [6.45, 7) is 2.13. The zero-order chi connectivity index (χ0) is 19.2. The minimum absolute atomic E-state index is 0.181. The highest BCUT2D eigenvalue weighted by Gasteiger charge is 2.27. The molecule has 1 amide bonds. The Morgan fingerprint density at radius 2 is 2.15 bits per heavy atom. The molecule has 3 N–H and O–H groups in total. The number of H-pyrrole nitrogens is 1. The maximum Gasteiger partial charge on any atom is 0.256 e. The van der Waals surface area contributed by atoms with Gasteiger partial charge in [0.1, 0.15) is 11.9 Å². The van der Waals surface area contributed by atoms with Gasteiger partial charge in [-0.25, -0.2) is 0 Å². The molecular weight excluding hydrogens is 340 g/mol. The van der Waals surface area contributed by atoms with Crippen LogP contribution in [-0.2, 0) is 4.79 Å². The molecule has 0 spiro atoms. The second-order valence-electron chi connectivity index (χ2n) is 6.48. The fourth-order valence-electron chi connectivity index (χ4n) is 3.12. The number of hydrogen-bond donors (Lipinski definition) is 3.